The van der Waals surface area contributed by atoms with Crippen molar-refractivity contribution in [2.45, 2.75) is 17.6 Å². The Morgan fingerprint density at radius 3 is 2.58 bits per heavy atom. The third-order valence-electron chi connectivity index (χ3n) is 4.61. The van der Waals surface area contributed by atoms with Crippen LogP contribution in [0.5, 0.6) is 11.5 Å². The number of sulfone groups is 1. The van der Waals surface area contributed by atoms with Crippen molar-refractivity contribution in [2.75, 3.05) is 32.5 Å². The number of rotatable bonds is 5. The highest BCUT2D eigenvalue weighted by Crippen LogP contribution is 2.44. The first-order valence-corrected chi connectivity index (χ1v) is 11.4. The molecule has 0 saturated carbocycles. The van der Waals surface area contributed by atoms with Crippen LogP contribution in [-0.2, 0) is 15.6 Å². The van der Waals surface area contributed by atoms with Gasteiger partial charge in [-0.3, -0.25) is 4.79 Å². The standard InChI is InChI=1S/C20H24ClN5O4S/c1-11-6-12(19(27)25-20(22)23)8-16-17(11)30-18-13(10-31(16,28)29)7-14(9-15(18)21)24-4-5-26(2)3/h6-9,24H,4-5,10H2,1-3H3,(H4,22,23,25,27). The lowest BCUT2D eigenvalue weighted by molar-refractivity contribution is 0.100. The van der Waals surface area contributed by atoms with Crippen molar-refractivity contribution < 1.29 is 17.9 Å². The zero-order chi connectivity index (χ0) is 22.9. The maximum atomic E-state index is 13.2. The van der Waals surface area contributed by atoms with Gasteiger partial charge in [-0.2, -0.15) is 4.99 Å². The first-order valence-electron chi connectivity index (χ1n) is 9.38. The number of aliphatic imine (C=N–C) groups is 1. The fourth-order valence-electron chi connectivity index (χ4n) is 3.19. The number of ether oxygens (including phenoxy) is 1. The summed E-state index contributed by atoms with van der Waals surface area (Å²) in [5.41, 5.74) is 12.1. The molecule has 1 heterocycles. The molecule has 1 amide bonds. The zero-order valence-corrected chi connectivity index (χ0v) is 19.0. The van der Waals surface area contributed by atoms with Crippen LogP contribution in [0.4, 0.5) is 5.69 Å². The SMILES string of the molecule is Cc1cc(C(=O)N=C(N)N)cc2c1Oc1c(Cl)cc(NCCN(C)C)cc1CS2(=O)=O. The van der Waals surface area contributed by atoms with E-state index < -0.39 is 21.7 Å². The Bertz CT molecular complexity index is 1170. The average molecular weight is 466 g/mol. The van der Waals surface area contributed by atoms with Crippen LogP contribution in [0.3, 0.4) is 0 Å². The first-order chi connectivity index (χ1) is 14.5. The van der Waals surface area contributed by atoms with Crippen LogP contribution in [0.1, 0.15) is 21.5 Å². The van der Waals surface area contributed by atoms with Crippen molar-refractivity contribution in [1.82, 2.24) is 4.90 Å². The minimum Gasteiger partial charge on any atom is -0.454 e. The van der Waals surface area contributed by atoms with Crippen LogP contribution in [0.15, 0.2) is 34.2 Å². The Labute approximate surface area is 185 Å². The molecule has 0 bridgehead atoms. The van der Waals surface area contributed by atoms with Gasteiger partial charge in [0.1, 0.15) is 16.4 Å². The lowest BCUT2D eigenvalue weighted by Crippen LogP contribution is -2.24. The fraction of sp³-hybridized carbons (Fsp3) is 0.300. The number of benzene rings is 2. The van der Waals surface area contributed by atoms with Crippen LogP contribution in [0.2, 0.25) is 5.02 Å². The number of nitrogens with one attached hydrogen (secondary N) is 1. The minimum atomic E-state index is -3.85. The Kier molecular flexibility index (Phi) is 6.44. The molecule has 31 heavy (non-hydrogen) atoms. The van der Waals surface area contributed by atoms with Crippen molar-refractivity contribution >= 4 is 39.0 Å². The summed E-state index contributed by atoms with van der Waals surface area (Å²) in [7, 11) is 0.0632. The molecule has 2 aromatic carbocycles. The lowest BCUT2D eigenvalue weighted by Gasteiger charge is -2.15. The second kappa shape index (κ2) is 8.74. The molecular formula is C20H24ClN5O4S. The van der Waals surface area contributed by atoms with E-state index in [4.69, 9.17) is 27.8 Å². The molecule has 1 aliphatic heterocycles. The second-order valence-electron chi connectivity index (χ2n) is 7.50. The number of fused-ring (bicyclic) bond motifs is 2. The van der Waals surface area contributed by atoms with Crippen molar-refractivity contribution in [1.29, 1.82) is 0 Å². The molecule has 0 spiro atoms. The van der Waals surface area contributed by atoms with E-state index in [0.717, 1.165) is 6.54 Å². The predicted molar refractivity (Wildman–Crippen MR) is 121 cm³/mol. The molecule has 5 N–H and O–H groups in total. The van der Waals surface area contributed by atoms with E-state index in [1.165, 1.54) is 12.1 Å². The van der Waals surface area contributed by atoms with Gasteiger partial charge in [-0.15, -0.1) is 0 Å². The van der Waals surface area contributed by atoms with Gasteiger partial charge in [0.2, 0.25) is 0 Å². The van der Waals surface area contributed by atoms with Crippen molar-refractivity contribution in [3.8, 4) is 11.5 Å². The molecule has 166 valence electrons. The number of anilines is 1. The van der Waals surface area contributed by atoms with E-state index in [-0.39, 0.29) is 32.7 Å². The Balaban J connectivity index is 2.05. The number of hydrogen-bond acceptors (Lipinski definition) is 6. The second-order valence-corrected chi connectivity index (χ2v) is 9.86. The first kappa shape index (κ1) is 22.9. The number of carbonyl (C=O) groups is 1. The summed E-state index contributed by atoms with van der Waals surface area (Å²) in [5.74, 6) is -1.10. The van der Waals surface area contributed by atoms with Gasteiger partial charge in [0, 0.05) is 29.9 Å². The number of nitrogens with two attached hydrogens (primary N) is 2. The third kappa shape index (κ3) is 5.09. The number of likely N-dealkylation sites (N-methyl/N-ethyl adjacent to an activating group) is 1. The molecular weight excluding hydrogens is 442 g/mol. The number of guanidine groups is 1. The molecule has 0 saturated heterocycles. The molecule has 0 aromatic heterocycles. The topological polar surface area (TPSA) is 140 Å². The summed E-state index contributed by atoms with van der Waals surface area (Å²) < 4.78 is 32.3. The van der Waals surface area contributed by atoms with Crippen LogP contribution < -0.4 is 21.5 Å². The van der Waals surface area contributed by atoms with Crippen molar-refractivity contribution in [3.63, 3.8) is 0 Å². The van der Waals surface area contributed by atoms with E-state index in [9.17, 15) is 13.2 Å². The fourth-order valence-corrected chi connectivity index (χ4v) is 5.04. The van der Waals surface area contributed by atoms with Crippen molar-refractivity contribution in [2.24, 2.45) is 16.5 Å². The van der Waals surface area contributed by atoms with Gasteiger partial charge in [0.05, 0.1) is 10.8 Å². The quantitative estimate of drug-likeness (QED) is 0.450. The monoisotopic (exact) mass is 465 g/mol. The average Bonchev–Trinajstić information content (AvgIpc) is 2.75. The summed E-state index contributed by atoms with van der Waals surface area (Å²) in [6, 6.07) is 6.10. The summed E-state index contributed by atoms with van der Waals surface area (Å²) in [4.78, 5) is 17.6. The Morgan fingerprint density at radius 1 is 1.23 bits per heavy atom. The van der Waals surface area contributed by atoms with Gasteiger partial charge < -0.3 is 26.4 Å². The number of nitrogens with zero attached hydrogens (tertiary/aromatic N) is 2. The molecule has 0 unspecified atom stereocenters. The highest BCUT2D eigenvalue weighted by Gasteiger charge is 2.31. The molecule has 3 rings (SSSR count). The van der Waals surface area contributed by atoms with Gasteiger partial charge in [-0.25, -0.2) is 8.42 Å². The van der Waals surface area contributed by atoms with Gasteiger partial charge in [0.25, 0.3) is 5.91 Å². The van der Waals surface area contributed by atoms with E-state index in [2.05, 4.69) is 10.3 Å². The zero-order valence-electron chi connectivity index (χ0n) is 17.4. The number of amides is 1. The van der Waals surface area contributed by atoms with Gasteiger partial charge in [-0.05, 0) is 50.8 Å². The summed E-state index contributed by atoms with van der Waals surface area (Å²) in [6.45, 7) is 3.09. The predicted octanol–water partition coefficient (Wildman–Crippen LogP) is 2.12. The van der Waals surface area contributed by atoms with E-state index in [1.807, 2.05) is 19.0 Å². The molecule has 1 aliphatic rings. The van der Waals surface area contributed by atoms with Gasteiger partial charge >= 0.3 is 0 Å². The minimum absolute atomic E-state index is 0.0416. The smallest absolute Gasteiger partial charge is 0.280 e. The molecule has 11 heteroatoms. The Morgan fingerprint density at radius 2 is 1.94 bits per heavy atom. The highest BCUT2D eigenvalue weighted by atomic mass is 35.5. The van der Waals surface area contributed by atoms with E-state index in [0.29, 0.717) is 23.4 Å². The maximum Gasteiger partial charge on any atom is 0.280 e. The van der Waals surface area contributed by atoms with E-state index in [1.54, 1.807) is 19.1 Å². The normalized spacial score (nSPS) is 14.1. The molecule has 0 atom stereocenters. The lowest BCUT2D eigenvalue weighted by atomic mass is 10.1. The maximum absolute atomic E-state index is 13.2. The van der Waals surface area contributed by atoms with Crippen LogP contribution in [-0.4, -0.2) is 52.4 Å². The largest absolute Gasteiger partial charge is 0.454 e. The molecule has 9 nitrogen and oxygen atoms in total. The highest BCUT2D eigenvalue weighted by molar-refractivity contribution is 7.90. The van der Waals surface area contributed by atoms with Gasteiger partial charge in [0.15, 0.2) is 15.8 Å². The number of carbonyl (C=O) groups excluding carboxylic acids is 1. The third-order valence-corrected chi connectivity index (χ3v) is 6.56. The molecule has 0 aliphatic carbocycles. The molecule has 0 radical (unpaired) electrons. The molecule has 2 aromatic rings. The summed E-state index contributed by atoms with van der Waals surface area (Å²) in [6.07, 6.45) is 0. The molecule has 0 fully saturated rings. The van der Waals surface area contributed by atoms with Crippen molar-refractivity contribution in [3.05, 3.63) is 46.0 Å². The summed E-state index contributed by atoms with van der Waals surface area (Å²) >= 11 is 6.44. The van der Waals surface area contributed by atoms with Crippen LogP contribution >= 0.6 is 11.6 Å². The van der Waals surface area contributed by atoms with E-state index >= 15 is 0 Å². The van der Waals surface area contributed by atoms with Crippen LogP contribution in [0, 0.1) is 6.92 Å². The number of hydrogen-bond donors (Lipinski definition) is 3. The number of halogens is 1. The summed E-state index contributed by atoms with van der Waals surface area (Å²) in [5, 5.41) is 3.52. The van der Waals surface area contributed by atoms with Crippen LogP contribution in [0.25, 0.3) is 0 Å². The number of aryl methyl sites for hydroxylation is 1. The van der Waals surface area contributed by atoms with Gasteiger partial charge in [-0.1, -0.05) is 11.6 Å². The Hall–Kier alpha value is -2.82.